The average Bonchev–Trinajstić information content (AvgIpc) is 2.16. The molecule has 0 bridgehead atoms. The molecule has 0 rings (SSSR count). The molecule has 0 fully saturated rings. The molecule has 0 N–H and O–H groups in total. The Morgan fingerprint density at radius 1 is 1.21 bits per heavy atom. The van der Waals surface area contributed by atoms with Crippen LogP contribution in [0.5, 0.6) is 0 Å². The van der Waals surface area contributed by atoms with Gasteiger partial charge in [0.2, 0.25) is 0 Å². The first-order valence-electron chi connectivity index (χ1n) is 5.13. The Hall–Kier alpha value is -0.940. The quantitative estimate of drug-likeness (QED) is 0.379. The van der Waals surface area contributed by atoms with Crippen LogP contribution in [0.1, 0.15) is 27.7 Å². The minimum atomic E-state index is 0.493. The average molecular weight is 195 g/mol. The van der Waals surface area contributed by atoms with E-state index in [1.165, 1.54) is 0 Å². The number of nitrogens with zero attached hydrogens (tertiary/aromatic N) is 1. The Morgan fingerprint density at radius 3 is 2.36 bits per heavy atom. The van der Waals surface area contributed by atoms with Crippen molar-refractivity contribution < 1.29 is 4.74 Å². The summed E-state index contributed by atoms with van der Waals surface area (Å²) in [6.45, 7) is 11.7. The molecule has 0 radical (unpaired) electrons. The molecule has 0 atom stereocenters. The van der Waals surface area contributed by atoms with Crippen molar-refractivity contribution in [3.05, 3.63) is 11.8 Å². The van der Waals surface area contributed by atoms with E-state index in [9.17, 15) is 0 Å². The summed E-state index contributed by atoms with van der Waals surface area (Å²) in [5, 5.41) is 0. The lowest BCUT2D eigenvalue weighted by Gasteiger charge is -2.13. The molecule has 0 amide bonds. The topological polar surface area (TPSA) is 12.5 Å². The van der Waals surface area contributed by atoms with Gasteiger partial charge >= 0.3 is 0 Å². The maximum Gasteiger partial charge on any atom is 0.148 e. The molecular formula is C12H21NO. The molecule has 0 aliphatic rings. The van der Waals surface area contributed by atoms with Crippen molar-refractivity contribution >= 4 is 0 Å². The maximum atomic E-state index is 5.19. The highest BCUT2D eigenvalue weighted by Crippen LogP contribution is 1.88. The van der Waals surface area contributed by atoms with Gasteiger partial charge in [-0.25, -0.2) is 0 Å². The second kappa shape index (κ2) is 8.65. The van der Waals surface area contributed by atoms with Gasteiger partial charge in [0.05, 0.1) is 12.8 Å². The lowest BCUT2D eigenvalue weighted by molar-refractivity contribution is 0.292. The van der Waals surface area contributed by atoms with Gasteiger partial charge in [0, 0.05) is 0 Å². The van der Waals surface area contributed by atoms with Gasteiger partial charge in [0.25, 0.3) is 0 Å². The number of rotatable bonds is 5. The summed E-state index contributed by atoms with van der Waals surface area (Å²) in [7, 11) is 0. The number of allylic oxidation sites excluding steroid dienone is 1. The predicted octanol–water partition coefficient (Wildman–Crippen LogP) is 2.27. The third-order valence-electron chi connectivity index (χ3n) is 1.80. The van der Waals surface area contributed by atoms with Crippen LogP contribution in [0.15, 0.2) is 11.8 Å². The van der Waals surface area contributed by atoms with E-state index in [1.807, 2.05) is 13.8 Å². The van der Waals surface area contributed by atoms with Gasteiger partial charge in [-0.15, -0.1) is 0 Å². The fourth-order valence-electron chi connectivity index (χ4n) is 0.916. The molecule has 80 valence electrons. The van der Waals surface area contributed by atoms with E-state index in [2.05, 4.69) is 30.6 Å². The fourth-order valence-corrected chi connectivity index (χ4v) is 0.916. The molecule has 0 spiro atoms. The van der Waals surface area contributed by atoms with Crippen molar-refractivity contribution in [3.8, 4) is 11.8 Å². The third-order valence-corrected chi connectivity index (χ3v) is 1.80. The van der Waals surface area contributed by atoms with Crippen molar-refractivity contribution in [2.45, 2.75) is 27.7 Å². The molecule has 2 nitrogen and oxygen atoms in total. The van der Waals surface area contributed by atoms with E-state index in [4.69, 9.17) is 4.74 Å². The summed E-state index contributed by atoms with van der Waals surface area (Å²) in [5.74, 6) is 6.06. The van der Waals surface area contributed by atoms with Crippen molar-refractivity contribution in [2.75, 3.05) is 26.2 Å². The third kappa shape index (κ3) is 7.70. The summed E-state index contributed by atoms with van der Waals surface area (Å²) in [6.07, 6.45) is 1.74. The second-order valence-electron chi connectivity index (χ2n) is 3.32. The van der Waals surface area contributed by atoms with Crippen LogP contribution in [0.3, 0.4) is 0 Å². The number of hydrogen-bond donors (Lipinski definition) is 0. The Labute approximate surface area is 87.9 Å². The largest absolute Gasteiger partial charge is 0.489 e. The smallest absolute Gasteiger partial charge is 0.148 e. The van der Waals surface area contributed by atoms with Crippen LogP contribution in [-0.2, 0) is 4.74 Å². The molecule has 0 aliphatic carbocycles. The minimum absolute atomic E-state index is 0.493. The van der Waals surface area contributed by atoms with Crippen LogP contribution in [0.25, 0.3) is 0 Å². The van der Waals surface area contributed by atoms with E-state index in [-0.39, 0.29) is 0 Å². The van der Waals surface area contributed by atoms with Gasteiger partial charge in [0.1, 0.15) is 6.61 Å². The van der Waals surface area contributed by atoms with E-state index in [1.54, 1.807) is 6.26 Å². The van der Waals surface area contributed by atoms with E-state index in [0.717, 1.165) is 25.2 Å². The zero-order chi connectivity index (χ0) is 10.8. The van der Waals surface area contributed by atoms with Gasteiger partial charge in [-0.05, 0) is 32.5 Å². The molecule has 0 aromatic heterocycles. The van der Waals surface area contributed by atoms with Crippen molar-refractivity contribution in [3.63, 3.8) is 0 Å². The van der Waals surface area contributed by atoms with Crippen LogP contribution in [-0.4, -0.2) is 31.1 Å². The van der Waals surface area contributed by atoms with E-state index < -0.39 is 0 Å². The summed E-state index contributed by atoms with van der Waals surface area (Å²) in [5.41, 5.74) is 1.16. The molecular weight excluding hydrogens is 174 g/mol. The zero-order valence-electron chi connectivity index (χ0n) is 9.76. The first-order valence-corrected chi connectivity index (χ1v) is 5.13. The van der Waals surface area contributed by atoms with Crippen LogP contribution >= 0.6 is 0 Å². The highest BCUT2D eigenvalue weighted by molar-refractivity contribution is 5.02. The number of ether oxygens (including phenoxy) is 1. The van der Waals surface area contributed by atoms with Gasteiger partial charge < -0.3 is 4.74 Å². The van der Waals surface area contributed by atoms with E-state index >= 15 is 0 Å². The SMILES string of the molecule is CCN(CC)CC#CCOC=C(C)C. The summed E-state index contributed by atoms with van der Waals surface area (Å²) >= 11 is 0. The Balaban J connectivity index is 3.57. The Morgan fingerprint density at radius 2 is 1.86 bits per heavy atom. The molecule has 0 saturated heterocycles. The maximum absolute atomic E-state index is 5.19. The molecule has 0 unspecified atom stereocenters. The molecule has 14 heavy (non-hydrogen) atoms. The first-order chi connectivity index (χ1) is 6.70. The minimum Gasteiger partial charge on any atom is -0.489 e. The van der Waals surface area contributed by atoms with E-state index in [0.29, 0.717) is 6.61 Å². The second-order valence-corrected chi connectivity index (χ2v) is 3.32. The molecule has 0 heterocycles. The number of hydrogen-bond acceptors (Lipinski definition) is 2. The zero-order valence-corrected chi connectivity index (χ0v) is 9.76. The van der Waals surface area contributed by atoms with Crippen molar-refractivity contribution in [2.24, 2.45) is 0 Å². The molecule has 0 aliphatic heterocycles. The standard InChI is InChI=1S/C12H21NO/c1-5-13(6-2)9-7-8-10-14-11-12(3)4/h11H,5-6,9-10H2,1-4H3. The van der Waals surface area contributed by atoms with Crippen LogP contribution in [0, 0.1) is 11.8 Å². The summed E-state index contributed by atoms with van der Waals surface area (Å²) < 4.78 is 5.19. The summed E-state index contributed by atoms with van der Waals surface area (Å²) in [4.78, 5) is 2.27. The highest BCUT2D eigenvalue weighted by atomic mass is 16.5. The normalized spacial score (nSPS) is 9.21. The van der Waals surface area contributed by atoms with Crippen LogP contribution in [0.4, 0.5) is 0 Å². The summed E-state index contributed by atoms with van der Waals surface area (Å²) in [6, 6.07) is 0. The first kappa shape index (κ1) is 13.1. The lowest BCUT2D eigenvalue weighted by atomic mass is 10.4. The van der Waals surface area contributed by atoms with Gasteiger partial charge in [0.15, 0.2) is 0 Å². The van der Waals surface area contributed by atoms with Gasteiger partial charge in [-0.2, -0.15) is 0 Å². The van der Waals surface area contributed by atoms with Gasteiger partial charge in [-0.1, -0.05) is 25.7 Å². The fraction of sp³-hybridized carbons (Fsp3) is 0.667. The monoisotopic (exact) mass is 195 g/mol. The predicted molar refractivity (Wildman–Crippen MR) is 60.9 cm³/mol. The van der Waals surface area contributed by atoms with Gasteiger partial charge in [-0.3, -0.25) is 4.90 Å². The van der Waals surface area contributed by atoms with Crippen molar-refractivity contribution in [1.82, 2.24) is 4.90 Å². The Bertz CT molecular complexity index is 214. The molecule has 0 aromatic carbocycles. The van der Waals surface area contributed by atoms with Crippen LogP contribution < -0.4 is 0 Å². The highest BCUT2D eigenvalue weighted by Gasteiger charge is 1.92. The Kier molecular flexibility index (Phi) is 8.07. The lowest BCUT2D eigenvalue weighted by Crippen LogP contribution is -2.22. The van der Waals surface area contributed by atoms with Crippen molar-refractivity contribution in [1.29, 1.82) is 0 Å². The van der Waals surface area contributed by atoms with Crippen LogP contribution in [0.2, 0.25) is 0 Å². The molecule has 0 saturated carbocycles. The molecule has 2 heteroatoms. The molecule has 0 aromatic rings.